The Kier molecular flexibility index (Phi) is 7.59. The summed E-state index contributed by atoms with van der Waals surface area (Å²) in [7, 11) is -3.52. The van der Waals surface area contributed by atoms with Crippen LogP contribution < -0.4 is 4.72 Å². The zero-order chi connectivity index (χ0) is 15.9. The van der Waals surface area contributed by atoms with Crippen LogP contribution in [0.4, 0.5) is 0 Å². The van der Waals surface area contributed by atoms with Crippen LogP contribution in [-0.2, 0) is 10.0 Å². The summed E-state index contributed by atoms with van der Waals surface area (Å²) in [6, 6.07) is 2.82. The Labute approximate surface area is 132 Å². The number of pyridine rings is 1. The molecule has 0 saturated heterocycles. The largest absolute Gasteiger partial charge is 0.304 e. The minimum absolute atomic E-state index is 0.110. The summed E-state index contributed by atoms with van der Waals surface area (Å²) in [5.74, 6) is 0. The number of sulfonamides is 1. The van der Waals surface area contributed by atoms with Gasteiger partial charge in [-0.1, -0.05) is 25.4 Å². The van der Waals surface area contributed by atoms with Crippen LogP contribution in [0.1, 0.15) is 33.6 Å². The quantitative estimate of drug-likeness (QED) is 0.705. The molecular formula is C14H24ClN3O2S. The average molecular weight is 334 g/mol. The van der Waals surface area contributed by atoms with Crippen LogP contribution in [0.3, 0.4) is 0 Å². The molecule has 0 aliphatic carbocycles. The van der Waals surface area contributed by atoms with Crippen molar-refractivity contribution in [1.82, 2.24) is 14.6 Å². The lowest BCUT2D eigenvalue weighted by molar-refractivity contribution is 0.293. The predicted octanol–water partition coefficient (Wildman–Crippen LogP) is 2.52. The first-order valence-electron chi connectivity index (χ1n) is 7.25. The average Bonchev–Trinajstić information content (AvgIpc) is 2.43. The number of rotatable bonds is 9. The van der Waals surface area contributed by atoms with Crippen LogP contribution >= 0.6 is 11.6 Å². The maximum atomic E-state index is 12.2. The van der Waals surface area contributed by atoms with Crippen molar-refractivity contribution in [3.63, 3.8) is 0 Å². The summed E-state index contributed by atoms with van der Waals surface area (Å²) >= 11 is 5.66. The topological polar surface area (TPSA) is 62.3 Å². The van der Waals surface area contributed by atoms with Gasteiger partial charge in [0.1, 0.15) is 10.0 Å². The number of nitrogens with zero attached hydrogens (tertiary/aromatic N) is 2. The zero-order valence-corrected chi connectivity index (χ0v) is 14.4. The fourth-order valence-corrected chi connectivity index (χ4v) is 3.41. The summed E-state index contributed by atoms with van der Waals surface area (Å²) in [5.41, 5.74) is 0. The molecule has 0 fully saturated rings. The lowest BCUT2D eigenvalue weighted by Gasteiger charge is -2.19. The van der Waals surface area contributed by atoms with Gasteiger partial charge in [0, 0.05) is 12.2 Å². The van der Waals surface area contributed by atoms with Gasteiger partial charge in [-0.05, 0) is 51.5 Å². The molecule has 1 N–H and O–H groups in total. The molecule has 0 amide bonds. The van der Waals surface area contributed by atoms with E-state index in [9.17, 15) is 8.42 Å². The second-order valence-corrected chi connectivity index (χ2v) is 7.11. The number of hydrogen-bond donors (Lipinski definition) is 1. The minimum Gasteiger partial charge on any atom is -0.304 e. The normalized spacial score (nSPS) is 13.6. The van der Waals surface area contributed by atoms with E-state index in [-0.39, 0.29) is 16.1 Å². The van der Waals surface area contributed by atoms with Crippen LogP contribution in [0.5, 0.6) is 0 Å². The van der Waals surface area contributed by atoms with E-state index in [2.05, 4.69) is 28.5 Å². The molecule has 7 heteroatoms. The summed E-state index contributed by atoms with van der Waals surface area (Å²) in [6.45, 7) is 9.16. The second kappa shape index (κ2) is 8.68. The van der Waals surface area contributed by atoms with E-state index >= 15 is 0 Å². The van der Waals surface area contributed by atoms with E-state index in [1.54, 1.807) is 0 Å². The summed E-state index contributed by atoms with van der Waals surface area (Å²) in [4.78, 5) is 6.26. The molecule has 0 aliphatic heterocycles. The van der Waals surface area contributed by atoms with Crippen molar-refractivity contribution in [1.29, 1.82) is 0 Å². The third kappa shape index (κ3) is 6.30. The molecule has 0 radical (unpaired) electrons. The summed E-state index contributed by atoms with van der Waals surface area (Å²) in [5, 5.41) is 0.279. The van der Waals surface area contributed by atoms with Gasteiger partial charge >= 0.3 is 0 Å². The molecule has 1 heterocycles. The van der Waals surface area contributed by atoms with Crippen molar-refractivity contribution in [3.05, 3.63) is 23.5 Å². The van der Waals surface area contributed by atoms with Crippen LogP contribution in [0.25, 0.3) is 0 Å². The maximum Gasteiger partial charge on any atom is 0.242 e. The Morgan fingerprint density at radius 2 is 2.00 bits per heavy atom. The fourth-order valence-electron chi connectivity index (χ4n) is 2.07. The Morgan fingerprint density at radius 1 is 1.33 bits per heavy atom. The third-order valence-corrected chi connectivity index (χ3v) is 5.17. The lowest BCUT2D eigenvalue weighted by Crippen LogP contribution is -2.33. The van der Waals surface area contributed by atoms with Gasteiger partial charge in [0.15, 0.2) is 0 Å². The van der Waals surface area contributed by atoms with Gasteiger partial charge in [-0.25, -0.2) is 18.1 Å². The Bertz CT molecular complexity index is 516. The molecule has 0 aromatic carbocycles. The molecular weight excluding hydrogens is 310 g/mol. The van der Waals surface area contributed by atoms with Crippen molar-refractivity contribution < 1.29 is 8.42 Å². The van der Waals surface area contributed by atoms with Crippen LogP contribution in [0, 0.1) is 0 Å². The van der Waals surface area contributed by atoms with Crippen molar-refractivity contribution >= 4 is 21.6 Å². The number of aromatic nitrogens is 1. The fraction of sp³-hybridized carbons (Fsp3) is 0.643. The highest BCUT2D eigenvalue weighted by molar-refractivity contribution is 7.89. The SMILES string of the molecule is CCN(CC)CCCC(C)NS(=O)(=O)c1ccc(Cl)nc1. The predicted molar refractivity (Wildman–Crippen MR) is 86.1 cm³/mol. The highest BCUT2D eigenvalue weighted by Gasteiger charge is 2.17. The van der Waals surface area contributed by atoms with E-state index in [1.165, 1.54) is 18.3 Å². The van der Waals surface area contributed by atoms with Crippen molar-refractivity contribution in [2.75, 3.05) is 19.6 Å². The van der Waals surface area contributed by atoms with Crippen molar-refractivity contribution in [3.8, 4) is 0 Å². The van der Waals surface area contributed by atoms with E-state index in [0.717, 1.165) is 32.5 Å². The highest BCUT2D eigenvalue weighted by Crippen LogP contribution is 2.12. The molecule has 21 heavy (non-hydrogen) atoms. The lowest BCUT2D eigenvalue weighted by atomic mass is 10.2. The standard InChI is InChI=1S/C14H24ClN3O2S/c1-4-18(5-2)10-6-7-12(3)17-21(19,20)13-8-9-14(15)16-11-13/h8-9,11-12,17H,4-7,10H2,1-3H3. The van der Waals surface area contributed by atoms with Crippen molar-refractivity contribution in [2.45, 2.75) is 44.6 Å². The van der Waals surface area contributed by atoms with Crippen LogP contribution in [-0.4, -0.2) is 44.0 Å². The monoisotopic (exact) mass is 333 g/mol. The Balaban J connectivity index is 2.49. The molecule has 1 unspecified atom stereocenters. The minimum atomic E-state index is -3.52. The molecule has 1 atom stereocenters. The molecule has 1 aromatic heterocycles. The van der Waals surface area contributed by atoms with E-state index in [1.807, 2.05) is 6.92 Å². The third-order valence-electron chi connectivity index (χ3n) is 3.37. The molecule has 0 saturated carbocycles. The number of hydrogen-bond acceptors (Lipinski definition) is 4. The molecule has 1 rings (SSSR count). The molecule has 0 aliphatic rings. The Morgan fingerprint density at radius 3 is 2.52 bits per heavy atom. The van der Waals surface area contributed by atoms with Gasteiger partial charge in [-0.3, -0.25) is 0 Å². The molecule has 1 aromatic rings. The summed E-state index contributed by atoms with van der Waals surface area (Å²) in [6.07, 6.45) is 3.04. The van der Waals surface area contributed by atoms with Crippen LogP contribution in [0.2, 0.25) is 5.15 Å². The second-order valence-electron chi connectivity index (χ2n) is 5.01. The van der Waals surface area contributed by atoms with E-state index in [4.69, 9.17) is 11.6 Å². The first-order chi connectivity index (χ1) is 9.89. The molecule has 5 nitrogen and oxygen atoms in total. The van der Waals surface area contributed by atoms with Crippen molar-refractivity contribution in [2.24, 2.45) is 0 Å². The van der Waals surface area contributed by atoms with Gasteiger partial charge in [0.25, 0.3) is 0 Å². The van der Waals surface area contributed by atoms with E-state index < -0.39 is 10.0 Å². The molecule has 0 spiro atoms. The maximum absolute atomic E-state index is 12.2. The molecule has 120 valence electrons. The smallest absolute Gasteiger partial charge is 0.242 e. The van der Waals surface area contributed by atoms with Gasteiger partial charge in [-0.15, -0.1) is 0 Å². The van der Waals surface area contributed by atoms with Gasteiger partial charge in [0.05, 0.1) is 0 Å². The zero-order valence-electron chi connectivity index (χ0n) is 12.8. The van der Waals surface area contributed by atoms with Gasteiger partial charge in [0.2, 0.25) is 10.0 Å². The first kappa shape index (κ1) is 18.4. The summed E-state index contributed by atoms with van der Waals surface area (Å²) < 4.78 is 27.0. The van der Waals surface area contributed by atoms with Gasteiger partial charge in [-0.2, -0.15) is 0 Å². The number of nitrogens with one attached hydrogen (secondary N) is 1. The first-order valence-corrected chi connectivity index (χ1v) is 9.11. The van der Waals surface area contributed by atoms with E-state index in [0.29, 0.717) is 0 Å². The Hall–Kier alpha value is -0.690. The molecule has 0 bridgehead atoms. The van der Waals surface area contributed by atoms with Crippen LogP contribution in [0.15, 0.2) is 23.2 Å². The van der Waals surface area contributed by atoms with Gasteiger partial charge < -0.3 is 4.90 Å². The highest BCUT2D eigenvalue weighted by atomic mass is 35.5. The number of halogens is 1.